The van der Waals surface area contributed by atoms with Crippen LogP contribution in [-0.2, 0) is 26.1 Å². The van der Waals surface area contributed by atoms with Crippen LogP contribution in [0.3, 0.4) is 0 Å². The molecule has 1 aliphatic carbocycles. The van der Waals surface area contributed by atoms with Gasteiger partial charge in [0.15, 0.2) is 0 Å². The lowest BCUT2D eigenvalue weighted by atomic mass is 9.93. The number of benzene rings is 1. The zero-order valence-electron chi connectivity index (χ0n) is 14.6. The summed E-state index contributed by atoms with van der Waals surface area (Å²) in [6.07, 6.45) is 4.59. The van der Waals surface area contributed by atoms with Crippen molar-refractivity contribution in [1.29, 1.82) is 0 Å². The molecule has 1 unspecified atom stereocenters. The van der Waals surface area contributed by atoms with Gasteiger partial charge in [-0.1, -0.05) is 24.9 Å². The van der Waals surface area contributed by atoms with Crippen molar-refractivity contribution in [3.05, 3.63) is 39.7 Å². The third-order valence-corrected chi connectivity index (χ3v) is 6.52. The van der Waals surface area contributed by atoms with Crippen molar-refractivity contribution in [1.82, 2.24) is 0 Å². The van der Waals surface area contributed by atoms with Gasteiger partial charge in [0.2, 0.25) is 0 Å². The molecule has 7 heteroatoms. The molecule has 1 aromatic rings. The molecule has 26 heavy (non-hydrogen) atoms. The van der Waals surface area contributed by atoms with Crippen molar-refractivity contribution >= 4 is 39.9 Å². The molecule has 2 amide bonds. The number of carbonyl (C=O) groups is 2. The second-order valence-corrected chi connectivity index (χ2v) is 8.63. The molecule has 0 saturated heterocycles. The Balaban J connectivity index is 1.91. The van der Waals surface area contributed by atoms with Crippen molar-refractivity contribution in [2.75, 3.05) is 10.7 Å². The highest BCUT2D eigenvalue weighted by Crippen LogP contribution is 2.38. The number of carbonyl (C=O) groups excluding carboxylic acids is 2. The van der Waals surface area contributed by atoms with Crippen LogP contribution in [0.2, 0.25) is 5.02 Å². The third kappa shape index (κ3) is 3.62. The number of anilines is 1. The first-order valence-electron chi connectivity index (χ1n) is 8.87. The molecular formula is C19H21ClFNO3S. The lowest BCUT2D eigenvalue weighted by Crippen LogP contribution is -2.32. The number of rotatable bonds is 6. The Morgan fingerprint density at radius 3 is 2.35 bits per heavy atom. The standard InChI is InChI=1S/C19H21ClFNO3S/c1-2-3-8-26(25)11-12-9-17(16(21)10-15(12)20)22-18(23)13-6-4-5-7-14(13)19(22)24/h9-10H,2-8,11H2,1H3. The Labute approximate surface area is 159 Å². The second kappa shape index (κ2) is 8.01. The summed E-state index contributed by atoms with van der Waals surface area (Å²) in [5.41, 5.74) is 1.40. The van der Waals surface area contributed by atoms with Gasteiger partial charge < -0.3 is 0 Å². The van der Waals surface area contributed by atoms with Gasteiger partial charge in [-0.15, -0.1) is 0 Å². The Hall–Kier alpha value is -1.53. The zero-order chi connectivity index (χ0) is 18.8. The van der Waals surface area contributed by atoms with Gasteiger partial charge in [-0.2, -0.15) is 0 Å². The smallest absolute Gasteiger partial charge is 0.261 e. The number of nitrogens with zero attached hydrogens (tertiary/aromatic N) is 1. The van der Waals surface area contributed by atoms with E-state index in [1.54, 1.807) is 0 Å². The zero-order valence-corrected chi connectivity index (χ0v) is 16.2. The maximum absolute atomic E-state index is 14.5. The predicted molar refractivity (Wildman–Crippen MR) is 101 cm³/mol. The van der Waals surface area contributed by atoms with Gasteiger partial charge in [-0.05, 0) is 49.8 Å². The summed E-state index contributed by atoms with van der Waals surface area (Å²) in [5.74, 6) is -0.889. The van der Waals surface area contributed by atoms with Crippen molar-refractivity contribution in [2.24, 2.45) is 0 Å². The van der Waals surface area contributed by atoms with Gasteiger partial charge >= 0.3 is 0 Å². The molecule has 1 heterocycles. The Morgan fingerprint density at radius 1 is 1.15 bits per heavy atom. The van der Waals surface area contributed by atoms with Crippen molar-refractivity contribution in [2.45, 2.75) is 51.2 Å². The first-order chi connectivity index (χ1) is 12.4. The van der Waals surface area contributed by atoms with Crippen LogP contribution in [-0.4, -0.2) is 21.8 Å². The van der Waals surface area contributed by atoms with Crippen LogP contribution < -0.4 is 4.90 Å². The minimum Gasteiger partial charge on any atom is -0.269 e. The fraction of sp³-hybridized carbons (Fsp3) is 0.474. The average molecular weight is 398 g/mol. The molecule has 0 fully saturated rings. The lowest BCUT2D eigenvalue weighted by Gasteiger charge is -2.18. The Morgan fingerprint density at radius 2 is 1.77 bits per heavy atom. The van der Waals surface area contributed by atoms with Crippen LogP contribution in [0, 0.1) is 5.82 Å². The fourth-order valence-corrected chi connectivity index (χ4v) is 5.01. The van der Waals surface area contributed by atoms with E-state index in [1.807, 2.05) is 6.92 Å². The Bertz CT molecular complexity index is 793. The summed E-state index contributed by atoms with van der Waals surface area (Å²) in [5, 5.41) is 0.160. The van der Waals surface area contributed by atoms with E-state index in [0.29, 0.717) is 35.3 Å². The minimum atomic E-state index is -1.13. The minimum absolute atomic E-state index is 0.0960. The van der Waals surface area contributed by atoms with E-state index < -0.39 is 28.4 Å². The Kier molecular flexibility index (Phi) is 5.92. The highest BCUT2D eigenvalue weighted by Gasteiger charge is 2.40. The van der Waals surface area contributed by atoms with Crippen LogP contribution in [0.5, 0.6) is 0 Å². The third-order valence-electron chi connectivity index (χ3n) is 4.79. The van der Waals surface area contributed by atoms with Gasteiger partial charge in [0.1, 0.15) is 5.82 Å². The molecule has 0 bridgehead atoms. The largest absolute Gasteiger partial charge is 0.269 e. The fourth-order valence-electron chi connectivity index (χ4n) is 3.37. The van der Waals surface area contributed by atoms with Gasteiger partial charge in [-0.25, -0.2) is 9.29 Å². The molecular weight excluding hydrogens is 377 g/mol. The number of amides is 2. The molecule has 0 saturated carbocycles. The van der Waals surface area contributed by atoms with Gasteiger partial charge in [0, 0.05) is 32.7 Å². The summed E-state index contributed by atoms with van der Waals surface area (Å²) in [4.78, 5) is 26.2. The quantitative estimate of drug-likeness (QED) is 0.673. The topological polar surface area (TPSA) is 54.5 Å². The molecule has 0 N–H and O–H groups in total. The van der Waals surface area contributed by atoms with Gasteiger partial charge in [0.25, 0.3) is 11.8 Å². The van der Waals surface area contributed by atoms with Crippen molar-refractivity contribution < 1.29 is 18.2 Å². The molecule has 4 nitrogen and oxygen atoms in total. The van der Waals surface area contributed by atoms with Crippen LogP contribution in [0.4, 0.5) is 10.1 Å². The molecule has 140 valence electrons. The van der Waals surface area contributed by atoms with E-state index in [1.165, 1.54) is 6.07 Å². The molecule has 1 atom stereocenters. The normalized spacial score (nSPS) is 18.5. The van der Waals surface area contributed by atoms with Crippen LogP contribution >= 0.6 is 11.6 Å². The average Bonchev–Trinajstić information content (AvgIpc) is 2.87. The second-order valence-electron chi connectivity index (χ2n) is 6.65. The van der Waals surface area contributed by atoms with Gasteiger partial charge in [0.05, 0.1) is 11.4 Å². The summed E-state index contributed by atoms with van der Waals surface area (Å²) >= 11 is 6.11. The number of halogens is 2. The number of hydrogen-bond acceptors (Lipinski definition) is 3. The summed E-state index contributed by atoms with van der Waals surface area (Å²) in [6, 6.07) is 2.50. The first kappa shape index (κ1) is 19.2. The van der Waals surface area contributed by atoms with E-state index in [2.05, 4.69) is 0 Å². The first-order valence-corrected chi connectivity index (χ1v) is 10.7. The summed E-state index contributed by atoms with van der Waals surface area (Å²) in [7, 11) is -1.13. The number of imide groups is 1. The number of unbranched alkanes of at least 4 members (excludes halogenated alkanes) is 1. The van der Waals surface area contributed by atoms with E-state index in [9.17, 15) is 18.2 Å². The monoisotopic (exact) mass is 397 g/mol. The van der Waals surface area contributed by atoms with E-state index in [-0.39, 0.29) is 16.5 Å². The highest BCUT2D eigenvalue weighted by molar-refractivity contribution is 7.84. The number of hydrogen-bond donors (Lipinski definition) is 0. The molecule has 1 aliphatic heterocycles. The highest BCUT2D eigenvalue weighted by atomic mass is 35.5. The SMILES string of the molecule is CCCCS(=O)Cc1cc(N2C(=O)C3=C(CCCC3)C2=O)c(F)cc1Cl. The molecule has 0 spiro atoms. The predicted octanol–water partition coefficient (Wildman–Crippen LogP) is 4.27. The van der Waals surface area contributed by atoms with Gasteiger partial charge in [-0.3, -0.25) is 13.8 Å². The van der Waals surface area contributed by atoms with Crippen molar-refractivity contribution in [3.63, 3.8) is 0 Å². The van der Waals surface area contributed by atoms with Crippen molar-refractivity contribution in [3.8, 4) is 0 Å². The summed E-state index contributed by atoms with van der Waals surface area (Å²) < 4.78 is 26.7. The van der Waals surface area contributed by atoms with Crippen LogP contribution in [0.25, 0.3) is 0 Å². The van der Waals surface area contributed by atoms with E-state index in [4.69, 9.17) is 11.6 Å². The van der Waals surface area contributed by atoms with E-state index in [0.717, 1.165) is 36.6 Å². The maximum Gasteiger partial charge on any atom is 0.261 e. The summed E-state index contributed by atoms with van der Waals surface area (Å²) in [6.45, 7) is 2.01. The van der Waals surface area contributed by atoms with Crippen LogP contribution in [0.1, 0.15) is 51.0 Å². The molecule has 0 aromatic heterocycles. The molecule has 0 radical (unpaired) electrons. The van der Waals surface area contributed by atoms with Crippen LogP contribution in [0.15, 0.2) is 23.3 Å². The molecule has 3 rings (SSSR count). The molecule has 2 aliphatic rings. The molecule has 1 aromatic carbocycles. The maximum atomic E-state index is 14.5. The lowest BCUT2D eigenvalue weighted by molar-refractivity contribution is -0.120. The van der Waals surface area contributed by atoms with E-state index >= 15 is 0 Å².